The largest absolute Gasteiger partial charge is 0.489 e. The Bertz CT molecular complexity index is 526. The highest BCUT2D eigenvalue weighted by Crippen LogP contribution is 2.28. The molecule has 134 valence electrons. The van der Waals surface area contributed by atoms with Gasteiger partial charge in [-0.2, -0.15) is 0 Å². The average Bonchev–Trinajstić information content (AvgIpc) is 2.58. The summed E-state index contributed by atoms with van der Waals surface area (Å²) in [4.78, 5) is 24.7. The predicted molar refractivity (Wildman–Crippen MR) is 95.5 cm³/mol. The number of carbonyl (C=O) groups excluding carboxylic acids is 2. The number of carbonyl (C=O) groups is 2. The van der Waals surface area contributed by atoms with Gasteiger partial charge in [-0.1, -0.05) is 38.2 Å². The van der Waals surface area contributed by atoms with Gasteiger partial charge in [0.05, 0.1) is 14.2 Å². The number of rotatable bonds is 12. The molecule has 4 heteroatoms. The standard InChI is InChI=1S/C20H30O4/c1-5-6-7-8-9-10-11-12-13-14-16-15(2)17(21)19(23-3)20(24-4)18(16)22/h5H,1,6-14H2,2-4H3. The summed E-state index contributed by atoms with van der Waals surface area (Å²) < 4.78 is 10.1. The van der Waals surface area contributed by atoms with Crippen LogP contribution in [0.1, 0.15) is 64.7 Å². The molecule has 0 aromatic rings. The zero-order chi connectivity index (χ0) is 17.9. The first kappa shape index (κ1) is 20.2. The van der Waals surface area contributed by atoms with Crippen LogP contribution in [0.2, 0.25) is 0 Å². The third-order valence-corrected chi connectivity index (χ3v) is 4.43. The number of methoxy groups -OCH3 is 2. The lowest BCUT2D eigenvalue weighted by Gasteiger charge is -2.20. The number of ketones is 2. The molecule has 24 heavy (non-hydrogen) atoms. The van der Waals surface area contributed by atoms with E-state index in [0.29, 0.717) is 17.6 Å². The maximum absolute atomic E-state index is 12.5. The predicted octanol–water partition coefficient (Wildman–Crippen LogP) is 4.66. The summed E-state index contributed by atoms with van der Waals surface area (Å²) in [6.45, 7) is 5.42. The number of hydrogen-bond acceptors (Lipinski definition) is 4. The van der Waals surface area contributed by atoms with E-state index >= 15 is 0 Å². The second-order valence-electron chi connectivity index (χ2n) is 6.13. The van der Waals surface area contributed by atoms with E-state index in [1.807, 2.05) is 6.08 Å². The molecule has 0 bridgehead atoms. The molecule has 1 aliphatic carbocycles. The molecule has 0 saturated heterocycles. The van der Waals surface area contributed by atoms with Crippen molar-refractivity contribution in [3.05, 3.63) is 35.3 Å². The first-order chi connectivity index (χ1) is 11.6. The van der Waals surface area contributed by atoms with Crippen LogP contribution in [0.4, 0.5) is 0 Å². The summed E-state index contributed by atoms with van der Waals surface area (Å²) in [6, 6.07) is 0. The van der Waals surface area contributed by atoms with Gasteiger partial charge in [0, 0.05) is 11.1 Å². The van der Waals surface area contributed by atoms with Crippen LogP contribution in [-0.4, -0.2) is 25.8 Å². The molecular formula is C20H30O4. The fourth-order valence-corrected chi connectivity index (χ4v) is 2.97. The van der Waals surface area contributed by atoms with E-state index in [0.717, 1.165) is 19.3 Å². The van der Waals surface area contributed by atoms with Gasteiger partial charge in [-0.3, -0.25) is 9.59 Å². The Balaban J connectivity index is 2.42. The molecule has 0 saturated carbocycles. The fourth-order valence-electron chi connectivity index (χ4n) is 2.97. The number of hydrogen-bond donors (Lipinski definition) is 0. The van der Waals surface area contributed by atoms with Crippen LogP contribution >= 0.6 is 0 Å². The van der Waals surface area contributed by atoms with Crippen LogP contribution in [0.25, 0.3) is 0 Å². The van der Waals surface area contributed by atoms with Crippen LogP contribution in [0.5, 0.6) is 0 Å². The topological polar surface area (TPSA) is 52.6 Å². The molecule has 0 heterocycles. The van der Waals surface area contributed by atoms with E-state index < -0.39 is 0 Å². The smallest absolute Gasteiger partial charge is 0.228 e. The van der Waals surface area contributed by atoms with Gasteiger partial charge >= 0.3 is 0 Å². The fraction of sp³-hybridized carbons (Fsp3) is 0.600. The maximum atomic E-state index is 12.5. The molecule has 0 aliphatic heterocycles. The van der Waals surface area contributed by atoms with Gasteiger partial charge in [0.15, 0.2) is 0 Å². The quantitative estimate of drug-likeness (QED) is 0.296. The zero-order valence-corrected chi connectivity index (χ0v) is 15.3. The second kappa shape index (κ2) is 10.8. The Morgan fingerprint density at radius 2 is 1.33 bits per heavy atom. The Labute approximate surface area is 145 Å². The van der Waals surface area contributed by atoms with E-state index in [1.165, 1.54) is 46.3 Å². The van der Waals surface area contributed by atoms with Gasteiger partial charge in [-0.05, 0) is 32.6 Å². The molecule has 0 fully saturated rings. The first-order valence-corrected chi connectivity index (χ1v) is 8.80. The van der Waals surface area contributed by atoms with Gasteiger partial charge in [0.25, 0.3) is 0 Å². The van der Waals surface area contributed by atoms with Crippen LogP contribution in [0.15, 0.2) is 35.3 Å². The summed E-state index contributed by atoms with van der Waals surface area (Å²) in [5.41, 5.74) is 1.06. The van der Waals surface area contributed by atoms with E-state index in [1.54, 1.807) is 6.92 Å². The minimum Gasteiger partial charge on any atom is -0.489 e. The molecule has 0 unspecified atom stereocenters. The number of allylic oxidation sites excluding steroid dienone is 3. The highest BCUT2D eigenvalue weighted by Gasteiger charge is 2.34. The zero-order valence-electron chi connectivity index (χ0n) is 15.3. The molecule has 0 amide bonds. The molecule has 1 rings (SSSR count). The minimum atomic E-state index is -0.244. The first-order valence-electron chi connectivity index (χ1n) is 8.80. The van der Waals surface area contributed by atoms with Crippen molar-refractivity contribution in [1.29, 1.82) is 0 Å². The van der Waals surface area contributed by atoms with E-state index in [4.69, 9.17) is 9.47 Å². The van der Waals surface area contributed by atoms with Crippen molar-refractivity contribution in [2.45, 2.75) is 64.7 Å². The minimum absolute atomic E-state index is 0.0169. The Morgan fingerprint density at radius 3 is 1.88 bits per heavy atom. The lowest BCUT2D eigenvalue weighted by molar-refractivity contribution is -0.121. The van der Waals surface area contributed by atoms with Crippen molar-refractivity contribution in [3.8, 4) is 0 Å². The third kappa shape index (κ3) is 5.36. The highest BCUT2D eigenvalue weighted by atomic mass is 16.5. The van der Waals surface area contributed by atoms with Crippen molar-refractivity contribution in [2.75, 3.05) is 14.2 Å². The van der Waals surface area contributed by atoms with E-state index in [9.17, 15) is 9.59 Å². The van der Waals surface area contributed by atoms with E-state index in [-0.39, 0.29) is 23.1 Å². The number of unbranched alkanes of at least 4 members (excludes halogenated alkanes) is 7. The monoisotopic (exact) mass is 334 g/mol. The second-order valence-corrected chi connectivity index (χ2v) is 6.13. The maximum Gasteiger partial charge on any atom is 0.228 e. The molecule has 0 N–H and O–H groups in total. The van der Waals surface area contributed by atoms with Gasteiger partial charge in [0.1, 0.15) is 0 Å². The molecule has 0 spiro atoms. The van der Waals surface area contributed by atoms with Crippen LogP contribution in [-0.2, 0) is 19.1 Å². The Kier molecular flexibility index (Phi) is 9.13. The molecule has 0 atom stereocenters. The summed E-state index contributed by atoms with van der Waals surface area (Å²) in [7, 11) is 2.77. The normalized spacial score (nSPS) is 15.1. The molecule has 0 aromatic heterocycles. The third-order valence-electron chi connectivity index (χ3n) is 4.43. The summed E-state index contributed by atoms with van der Waals surface area (Å²) in [6.07, 6.45) is 11.8. The Hall–Kier alpha value is -1.84. The Morgan fingerprint density at radius 1 is 0.833 bits per heavy atom. The lowest BCUT2D eigenvalue weighted by atomic mass is 9.89. The van der Waals surface area contributed by atoms with Gasteiger partial charge in [-0.25, -0.2) is 0 Å². The van der Waals surface area contributed by atoms with Crippen LogP contribution in [0, 0.1) is 0 Å². The summed E-state index contributed by atoms with van der Waals surface area (Å²) in [5, 5.41) is 0. The molecule has 0 radical (unpaired) electrons. The van der Waals surface area contributed by atoms with Crippen molar-refractivity contribution < 1.29 is 19.1 Å². The van der Waals surface area contributed by atoms with Crippen molar-refractivity contribution in [1.82, 2.24) is 0 Å². The van der Waals surface area contributed by atoms with Gasteiger partial charge in [0.2, 0.25) is 23.1 Å². The molecule has 1 aliphatic rings. The van der Waals surface area contributed by atoms with Crippen LogP contribution < -0.4 is 0 Å². The lowest BCUT2D eigenvalue weighted by Crippen LogP contribution is -2.25. The van der Waals surface area contributed by atoms with Gasteiger partial charge < -0.3 is 9.47 Å². The van der Waals surface area contributed by atoms with Gasteiger partial charge in [-0.15, -0.1) is 6.58 Å². The highest BCUT2D eigenvalue weighted by molar-refractivity contribution is 6.23. The van der Waals surface area contributed by atoms with Crippen LogP contribution in [0.3, 0.4) is 0 Å². The number of ether oxygens (including phenoxy) is 2. The number of Topliss-reactive ketones (excluding diaryl/α,β-unsaturated/α-hetero) is 2. The summed E-state index contributed by atoms with van der Waals surface area (Å²) >= 11 is 0. The average molecular weight is 334 g/mol. The molecular weight excluding hydrogens is 304 g/mol. The SMILES string of the molecule is C=CCCCCCCCCCC1=C(C)C(=O)C(OC)=C(OC)C1=O. The molecule has 4 nitrogen and oxygen atoms in total. The molecule has 0 aromatic carbocycles. The summed E-state index contributed by atoms with van der Waals surface area (Å²) in [5.74, 6) is -0.407. The van der Waals surface area contributed by atoms with Crippen molar-refractivity contribution in [3.63, 3.8) is 0 Å². The van der Waals surface area contributed by atoms with E-state index in [2.05, 4.69) is 6.58 Å². The van der Waals surface area contributed by atoms with Crippen molar-refractivity contribution >= 4 is 11.6 Å². The van der Waals surface area contributed by atoms with Crippen molar-refractivity contribution in [2.24, 2.45) is 0 Å².